The van der Waals surface area contributed by atoms with Crippen LogP contribution in [0.2, 0.25) is 0 Å². The lowest BCUT2D eigenvalue weighted by Gasteiger charge is -2.14. The van der Waals surface area contributed by atoms with Gasteiger partial charge < -0.3 is 19.4 Å². The van der Waals surface area contributed by atoms with Gasteiger partial charge in [0.2, 0.25) is 0 Å². The summed E-state index contributed by atoms with van der Waals surface area (Å²) in [7, 11) is -1.89. The Bertz CT molecular complexity index is 1100. The molecule has 4 aromatic carbocycles. The second-order valence-corrected chi connectivity index (χ2v) is 7.20. The standard InChI is InChI=1S/C26H23BO4/c28-27(29)31-26-16-11-21(19-30-18-20-7-3-1-4-8-20)17-25(26)24-14-12-23(13-15-24)22-9-5-2-6-10-22/h1-17,28-29H,18-19H2. The first kappa shape index (κ1) is 20.9. The van der Waals surface area contributed by atoms with E-state index in [1.165, 1.54) is 0 Å². The third kappa shape index (κ3) is 5.61. The van der Waals surface area contributed by atoms with Crippen LogP contribution < -0.4 is 4.65 Å². The van der Waals surface area contributed by atoms with Gasteiger partial charge >= 0.3 is 7.32 Å². The number of ether oxygens (including phenoxy) is 1. The summed E-state index contributed by atoms with van der Waals surface area (Å²) in [5.74, 6) is 0.397. The summed E-state index contributed by atoms with van der Waals surface area (Å²) in [5, 5.41) is 18.6. The maximum absolute atomic E-state index is 9.32. The fraction of sp³-hybridized carbons (Fsp3) is 0.0769. The Balaban J connectivity index is 1.56. The van der Waals surface area contributed by atoms with Crippen molar-refractivity contribution in [3.8, 4) is 28.0 Å². The Morgan fingerprint density at radius 3 is 1.84 bits per heavy atom. The Labute approximate surface area is 182 Å². The first-order valence-electron chi connectivity index (χ1n) is 10.1. The molecule has 2 N–H and O–H groups in total. The molecule has 154 valence electrons. The van der Waals surface area contributed by atoms with Crippen LogP contribution in [-0.4, -0.2) is 17.4 Å². The molecular weight excluding hydrogens is 387 g/mol. The van der Waals surface area contributed by atoms with Crippen LogP contribution in [0.15, 0.2) is 103 Å². The van der Waals surface area contributed by atoms with E-state index < -0.39 is 7.32 Å². The molecule has 0 spiro atoms. The summed E-state index contributed by atoms with van der Waals surface area (Å²) in [6.45, 7) is 0.960. The Morgan fingerprint density at radius 2 is 1.16 bits per heavy atom. The molecule has 0 saturated carbocycles. The van der Waals surface area contributed by atoms with Crippen LogP contribution in [0.1, 0.15) is 11.1 Å². The van der Waals surface area contributed by atoms with Gasteiger partial charge in [-0.3, -0.25) is 0 Å². The van der Waals surface area contributed by atoms with Crippen molar-refractivity contribution in [3.63, 3.8) is 0 Å². The van der Waals surface area contributed by atoms with Crippen LogP contribution in [0.25, 0.3) is 22.3 Å². The molecule has 4 rings (SSSR count). The predicted octanol–water partition coefficient (Wildman–Crippen LogP) is 5.09. The summed E-state index contributed by atoms with van der Waals surface area (Å²) in [5.41, 5.74) is 6.02. The maximum Gasteiger partial charge on any atom is 0.707 e. The van der Waals surface area contributed by atoms with Gasteiger partial charge in [0.15, 0.2) is 0 Å². The summed E-state index contributed by atoms with van der Waals surface area (Å²) in [6, 6.07) is 33.8. The molecule has 0 aliphatic heterocycles. The van der Waals surface area contributed by atoms with Gasteiger partial charge in [0.05, 0.1) is 13.2 Å². The smallest absolute Gasteiger partial charge is 0.512 e. The Kier molecular flexibility index (Phi) is 6.80. The van der Waals surface area contributed by atoms with Gasteiger partial charge in [-0.15, -0.1) is 0 Å². The average Bonchev–Trinajstić information content (AvgIpc) is 2.81. The third-order valence-corrected chi connectivity index (χ3v) is 4.96. The van der Waals surface area contributed by atoms with E-state index in [1.807, 2.05) is 84.9 Å². The highest BCUT2D eigenvalue weighted by molar-refractivity contribution is 6.34. The SMILES string of the molecule is OB(O)Oc1ccc(COCc2ccccc2)cc1-c1ccc(-c2ccccc2)cc1. The van der Waals surface area contributed by atoms with Gasteiger partial charge in [0.1, 0.15) is 5.75 Å². The van der Waals surface area contributed by atoms with E-state index in [9.17, 15) is 10.0 Å². The predicted molar refractivity (Wildman–Crippen MR) is 123 cm³/mol. The first-order valence-corrected chi connectivity index (χ1v) is 10.1. The summed E-state index contributed by atoms with van der Waals surface area (Å²) < 4.78 is 11.1. The second kappa shape index (κ2) is 10.1. The number of hydrogen-bond donors (Lipinski definition) is 2. The molecule has 5 heteroatoms. The Hall–Kier alpha value is -3.38. The van der Waals surface area contributed by atoms with Crippen LogP contribution in [0.3, 0.4) is 0 Å². The topological polar surface area (TPSA) is 58.9 Å². The molecule has 0 radical (unpaired) electrons. The Morgan fingerprint density at radius 1 is 0.581 bits per heavy atom. The molecule has 0 heterocycles. The fourth-order valence-corrected chi connectivity index (χ4v) is 3.44. The van der Waals surface area contributed by atoms with E-state index in [0.717, 1.165) is 33.4 Å². The van der Waals surface area contributed by atoms with Crippen molar-refractivity contribution in [3.05, 3.63) is 114 Å². The van der Waals surface area contributed by atoms with Crippen molar-refractivity contribution in [2.75, 3.05) is 0 Å². The molecule has 4 aromatic rings. The van der Waals surface area contributed by atoms with Crippen LogP contribution in [0.4, 0.5) is 0 Å². The van der Waals surface area contributed by atoms with Gasteiger partial charge in [-0.05, 0) is 39.9 Å². The van der Waals surface area contributed by atoms with Crippen LogP contribution in [0, 0.1) is 0 Å². The van der Waals surface area contributed by atoms with Crippen LogP contribution in [0.5, 0.6) is 5.75 Å². The molecule has 0 aliphatic carbocycles. The summed E-state index contributed by atoms with van der Waals surface area (Å²) in [4.78, 5) is 0. The molecular formula is C26H23BO4. The minimum Gasteiger partial charge on any atom is -0.512 e. The highest BCUT2D eigenvalue weighted by atomic mass is 16.6. The lowest BCUT2D eigenvalue weighted by molar-refractivity contribution is 0.107. The highest BCUT2D eigenvalue weighted by Gasteiger charge is 2.16. The zero-order chi connectivity index (χ0) is 21.5. The minimum atomic E-state index is -1.89. The van der Waals surface area contributed by atoms with E-state index in [2.05, 4.69) is 12.1 Å². The second-order valence-electron chi connectivity index (χ2n) is 7.20. The zero-order valence-corrected chi connectivity index (χ0v) is 17.0. The largest absolute Gasteiger partial charge is 0.707 e. The molecule has 0 amide bonds. The number of benzene rings is 4. The molecule has 0 aromatic heterocycles. The molecule has 4 nitrogen and oxygen atoms in total. The van der Waals surface area contributed by atoms with Crippen molar-refractivity contribution >= 4 is 7.32 Å². The van der Waals surface area contributed by atoms with Gasteiger partial charge in [-0.25, -0.2) is 0 Å². The normalized spacial score (nSPS) is 10.6. The quantitative estimate of drug-likeness (QED) is 0.398. The molecule has 0 bridgehead atoms. The molecule has 0 unspecified atom stereocenters. The molecule has 0 fully saturated rings. The maximum atomic E-state index is 9.32. The monoisotopic (exact) mass is 410 g/mol. The van der Waals surface area contributed by atoms with Gasteiger partial charge in [0, 0.05) is 5.56 Å². The van der Waals surface area contributed by atoms with Crippen LogP contribution in [-0.2, 0) is 18.0 Å². The average molecular weight is 410 g/mol. The van der Waals surface area contributed by atoms with Crippen molar-refractivity contribution in [2.24, 2.45) is 0 Å². The summed E-state index contributed by atoms with van der Waals surface area (Å²) in [6.07, 6.45) is 0. The number of hydrogen-bond acceptors (Lipinski definition) is 4. The van der Waals surface area contributed by atoms with Crippen molar-refractivity contribution in [2.45, 2.75) is 13.2 Å². The molecule has 0 aliphatic rings. The van der Waals surface area contributed by atoms with Crippen LogP contribution >= 0.6 is 0 Å². The van der Waals surface area contributed by atoms with Crippen molar-refractivity contribution in [1.29, 1.82) is 0 Å². The lowest BCUT2D eigenvalue weighted by atomic mass is 9.98. The molecule has 0 saturated heterocycles. The summed E-state index contributed by atoms with van der Waals surface area (Å²) >= 11 is 0. The van der Waals surface area contributed by atoms with Gasteiger partial charge in [-0.2, -0.15) is 0 Å². The molecule has 0 atom stereocenters. The zero-order valence-electron chi connectivity index (χ0n) is 17.0. The van der Waals surface area contributed by atoms with E-state index in [-0.39, 0.29) is 0 Å². The number of rotatable bonds is 8. The van der Waals surface area contributed by atoms with E-state index in [4.69, 9.17) is 9.39 Å². The minimum absolute atomic E-state index is 0.397. The molecule has 31 heavy (non-hydrogen) atoms. The van der Waals surface area contributed by atoms with Gasteiger partial charge in [-0.1, -0.05) is 91.0 Å². The highest BCUT2D eigenvalue weighted by Crippen LogP contribution is 2.33. The first-order chi connectivity index (χ1) is 15.2. The van der Waals surface area contributed by atoms with Crippen molar-refractivity contribution < 1.29 is 19.4 Å². The van der Waals surface area contributed by atoms with Gasteiger partial charge in [0.25, 0.3) is 0 Å². The lowest BCUT2D eigenvalue weighted by Crippen LogP contribution is -2.21. The van der Waals surface area contributed by atoms with E-state index in [0.29, 0.717) is 19.0 Å². The van der Waals surface area contributed by atoms with E-state index >= 15 is 0 Å². The van der Waals surface area contributed by atoms with E-state index in [1.54, 1.807) is 6.07 Å². The van der Waals surface area contributed by atoms with Crippen molar-refractivity contribution in [1.82, 2.24) is 0 Å². The third-order valence-electron chi connectivity index (χ3n) is 4.96. The fourth-order valence-electron chi connectivity index (χ4n) is 3.44.